The zero-order valence-corrected chi connectivity index (χ0v) is 10.5. The summed E-state index contributed by atoms with van der Waals surface area (Å²) in [7, 11) is 2.07. The van der Waals surface area contributed by atoms with Crippen molar-refractivity contribution in [3.63, 3.8) is 0 Å². The first-order chi connectivity index (χ1) is 8.13. The highest BCUT2D eigenvalue weighted by Gasteiger charge is 2.23. The van der Waals surface area contributed by atoms with Crippen LogP contribution in [-0.2, 0) is 6.54 Å². The van der Waals surface area contributed by atoms with Gasteiger partial charge in [-0.1, -0.05) is 0 Å². The summed E-state index contributed by atoms with van der Waals surface area (Å²) in [6.45, 7) is 6.24. The van der Waals surface area contributed by atoms with Crippen LogP contribution in [0.3, 0.4) is 0 Å². The number of likely N-dealkylation sites (N-methyl/N-ethyl adjacent to an activating group) is 1. The van der Waals surface area contributed by atoms with E-state index in [2.05, 4.69) is 11.9 Å². The number of aromatic nitrogens is 1. The average Bonchev–Trinajstić information content (AvgIpc) is 2.70. The molecule has 5 nitrogen and oxygen atoms in total. The fourth-order valence-corrected chi connectivity index (χ4v) is 2.12. The van der Waals surface area contributed by atoms with Crippen LogP contribution in [-0.4, -0.2) is 53.5 Å². The third-order valence-corrected chi connectivity index (χ3v) is 3.37. The molecule has 1 saturated heterocycles. The molecule has 94 valence electrons. The van der Waals surface area contributed by atoms with Crippen molar-refractivity contribution in [2.24, 2.45) is 0 Å². The Kier molecular flexibility index (Phi) is 3.38. The van der Waals surface area contributed by atoms with Gasteiger partial charge < -0.3 is 20.1 Å². The Morgan fingerprint density at radius 1 is 1.35 bits per heavy atom. The van der Waals surface area contributed by atoms with Gasteiger partial charge in [-0.25, -0.2) is 0 Å². The monoisotopic (exact) mass is 236 g/mol. The van der Waals surface area contributed by atoms with Crippen LogP contribution in [0.5, 0.6) is 0 Å². The van der Waals surface area contributed by atoms with Gasteiger partial charge in [-0.05, 0) is 20.0 Å². The summed E-state index contributed by atoms with van der Waals surface area (Å²) in [6, 6.07) is 1.82. The number of carbonyl (C=O) groups excluding carboxylic acids is 1. The maximum Gasteiger partial charge on any atom is 0.257 e. The molecule has 1 fully saturated rings. The lowest BCUT2D eigenvalue weighted by atomic mass is 10.2. The lowest BCUT2D eigenvalue weighted by Crippen LogP contribution is -2.47. The summed E-state index contributed by atoms with van der Waals surface area (Å²) in [5.74, 6) is 0.638. The second kappa shape index (κ2) is 4.79. The number of aryl methyl sites for hydroxylation is 1. The van der Waals surface area contributed by atoms with Crippen LogP contribution in [0.1, 0.15) is 17.3 Å². The minimum absolute atomic E-state index is 0.0581. The smallest absolute Gasteiger partial charge is 0.257 e. The van der Waals surface area contributed by atoms with Gasteiger partial charge in [-0.3, -0.25) is 4.79 Å². The van der Waals surface area contributed by atoms with E-state index in [-0.39, 0.29) is 5.91 Å². The first-order valence-electron chi connectivity index (χ1n) is 6.06. The Morgan fingerprint density at radius 3 is 2.53 bits per heavy atom. The van der Waals surface area contributed by atoms with Crippen LogP contribution in [0.4, 0.5) is 5.82 Å². The van der Waals surface area contributed by atoms with Crippen molar-refractivity contribution in [1.29, 1.82) is 0 Å². The molecule has 0 bridgehead atoms. The second-order valence-electron chi connectivity index (χ2n) is 4.50. The fourth-order valence-electron chi connectivity index (χ4n) is 2.12. The molecule has 0 radical (unpaired) electrons. The highest BCUT2D eigenvalue weighted by atomic mass is 16.2. The van der Waals surface area contributed by atoms with Gasteiger partial charge in [0.05, 0.1) is 5.56 Å². The SMILES string of the molecule is CCn1ccc(C(=O)N2CCN(C)CC2)c1N. The van der Waals surface area contributed by atoms with Crippen LogP contribution >= 0.6 is 0 Å². The van der Waals surface area contributed by atoms with Gasteiger partial charge in [0.25, 0.3) is 5.91 Å². The fraction of sp³-hybridized carbons (Fsp3) is 0.583. The van der Waals surface area contributed by atoms with Crippen molar-refractivity contribution in [3.8, 4) is 0 Å². The van der Waals surface area contributed by atoms with Crippen molar-refractivity contribution in [3.05, 3.63) is 17.8 Å². The number of amides is 1. The van der Waals surface area contributed by atoms with E-state index in [0.717, 1.165) is 32.7 Å². The Hall–Kier alpha value is -1.49. The van der Waals surface area contributed by atoms with E-state index < -0.39 is 0 Å². The highest BCUT2D eigenvalue weighted by molar-refractivity contribution is 5.98. The number of hydrogen-bond donors (Lipinski definition) is 1. The quantitative estimate of drug-likeness (QED) is 0.812. The molecule has 0 spiro atoms. The van der Waals surface area contributed by atoms with E-state index >= 15 is 0 Å². The van der Waals surface area contributed by atoms with Gasteiger partial charge in [0.2, 0.25) is 0 Å². The van der Waals surface area contributed by atoms with Gasteiger partial charge >= 0.3 is 0 Å². The van der Waals surface area contributed by atoms with Crippen LogP contribution in [0.25, 0.3) is 0 Å². The summed E-state index contributed by atoms with van der Waals surface area (Å²) >= 11 is 0. The van der Waals surface area contributed by atoms with Crippen molar-refractivity contribution >= 4 is 11.7 Å². The standard InChI is InChI=1S/C12H20N4O/c1-3-15-5-4-10(11(15)13)12(17)16-8-6-14(2)7-9-16/h4-5H,3,6-9,13H2,1-2H3. The zero-order valence-electron chi connectivity index (χ0n) is 10.5. The largest absolute Gasteiger partial charge is 0.384 e. The summed E-state index contributed by atoms with van der Waals surface area (Å²) in [5.41, 5.74) is 6.59. The van der Waals surface area contributed by atoms with Gasteiger partial charge in [0, 0.05) is 38.9 Å². The number of nitrogens with zero attached hydrogens (tertiary/aromatic N) is 3. The average molecular weight is 236 g/mol. The van der Waals surface area contributed by atoms with Crippen LogP contribution in [0.15, 0.2) is 12.3 Å². The van der Waals surface area contributed by atoms with Crippen LogP contribution in [0.2, 0.25) is 0 Å². The predicted octanol–water partition coefficient (Wildman–Crippen LogP) is 0.478. The number of nitrogen functional groups attached to an aromatic ring is 1. The number of hydrogen-bond acceptors (Lipinski definition) is 3. The summed E-state index contributed by atoms with van der Waals surface area (Å²) in [5, 5.41) is 0. The molecule has 2 rings (SSSR count). The highest BCUT2D eigenvalue weighted by Crippen LogP contribution is 2.16. The Labute approximate surface area is 102 Å². The third kappa shape index (κ3) is 2.29. The van der Waals surface area contributed by atoms with Crippen molar-refractivity contribution in [2.75, 3.05) is 39.0 Å². The number of rotatable bonds is 2. The molecule has 1 aromatic rings. The summed E-state index contributed by atoms with van der Waals surface area (Å²) in [6.07, 6.45) is 1.87. The minimum atomic E-state index is 0.0581. The molecule has 0 aliphatic carbocycles. The molecule has 1 aliphatic heterocycles. The van der Waals surface area contributed by atoms with Crippen LogP contribution < -0.4 is 5.73 Å². The molecule has 1 aromatic heterocycles. The number of nitrogens with two attached hydrogens (primary N) is 1. The maximum absolute atomic E-state index is 12.3. The molecule has 5 heteroatoms. The van der Waals surface area contributed by atoms with Crippen molar-refractivity contribution in [1.82, 2.24) is 14.4 Å². The van der Waals surface area contributed by atoms with Crippen molar-refractivity contribution < 1.29 is 4.79 Å². The lowest BCUT2D eigenvalue weighted by Gasteiger charge is -2.32. The van der Waals surface area contributed by atoms with E-state index in [9.17, 15) is 4.79 Å². The first kappa shape index (κ1) is 12.0. The normalized spacial score (nSPS) is 17.4. The van der Waals surface area contributed by atoms with Crippen molar-refractivity contribution in [2.45, 2.75) is 13.5 Å². The Bertz CT molecular complexity index is 405. The maximum atomic E-state index is 12.3. The molecule has 0 saturated carbocycles. The molecule has 1 amide bonds. The predicted molar refractivity (Wildman–Crippen MR) is 67.9 cm³/mol. The van der Waals surface area contributed by atoms with Crippen LogP contribution in [0, 0.1) is 0 Å². The van der Waals surface area contributed by atoms with E-state index in [1.807, 2.05) is 28.7 Å². The number of piperazine rings is 1. The Morgan fingerprint density at radius 2 is 2.00 bits per heavy atom. The summed E-state index contributed by atoms with van der Waals surface area (Å²) in [4.78, 5) is 16.4. The topological polar surface area (TPSA) is 54.5 Å². The first-order valence-corrected chi connectivity index (χ1v) is 6.06. The molecule has 0 atom stereocenters. The molecular formula is C12H20N4O. The molecule has 1 aliphatic rings. The molecular weight excluding hydrogens is 216 g/mol. The van der Waals surface area contributed by atoms with E-state index in [0.29, 0.717) is 11.4 Å². The van der Waals surface area contributed by atoms with E-state index in [1.165, 1.54) is 0 Å². The Balaban J connectivity index is 2.11. The molecule has 0 unspecified atom stereocenters. The van der Waals surface area contributed by atoms with Gasteiger partial charge in [0.15, 0.2) is 0 Å². The van der Waals surface area contributed by atoms with E-state index in [1.54, 1.807) is 0 Å². The zero-order chi connectivity index (χ0) is 12.4. The van der Waals surface area contributed by atoms with E-state index in [4.69, 9.17) is 5.73 Å². The third-order valence-electron chi connectivity index (χ3n) is 3.37. The molecule has 2 heterocycles. The van der Waals surface area contributed by atoms with Gasteiger partial charge in [-0.2, -0.15) is 0 Å². The van der Waals surface area contributed by atoms with Gasteiger partial charge in [-0.15, -0.1) is 0 Å². The molecule has 0 aromatic carbocycles. The number of anilines is 1. The minimum Gasteiger partial charge on any atom is -0.384 e. The van der Waals surface area contributed by atoms with Gasteiger partial charge in [0.1, 0.15) is 5.82 Å². The summed E-state index contributed by atoms with van der Waals surface area (Å²) < 4.78 is 1.89. The molecule has 2 N–H and O–H groups in total. The second-order valence-corrected chi connectivity index (χ2v) is 4.50. The number of carbonyl (C=O) groups is 1. The molecule has 17 heavy (non-hydrogen) atoms. The lowest BCUT2D eigenvalue weighted by molar-refractivity contribution is 0.0665.